The Morgan fingerprint density at radius 2 is 1.97 bits per heavy atom. The standard InChI is InChI=1S/C23H40FN5O/c1-5-25-23(27-19(4)9-8-12-28(6-2)7-3)26-18-20-10-11-22(21(24)17-20)29-13-15-30-16-14-29/h10-11,17,19H,5-9,12-16,18H2,1-4H3,(H2,25,26,27). The van der Waals surface area contributed by atoms with E-state index in [0.717, 1.165) is 63.6 Å². The summed E-state index contributed by atoms with van der Waals surface area (Å²) in [6.45, 7) is 16.0. The molecule has 1 aliphatic heterocycles. The molecule has 6 nitrogen and oxygen atoms in total. The van der Waals surface area contributed by atoms with Crippen LogP contribution in [0.5, 0.6) is 0 Å². The monoisotopic (exact) mass is 421 g/mol. The number of morpholine rings is 1. The molecule has 0 amide bonds. The Bertz CT molecular complexity index is 644. The lowest BCUT2D eigenvalue weighted by molar-refractivity contribution is 0.122. The third kappa shape index (κ3) is 8.11. The van der Waals surface area contributed by atoms with E-state index in [4.69, 9.17) is 4.74 Å². The third-order valence-electron chi connectivity index (χ3n) is 5.52. The van der Waals surface area contributed by atoms with E-state index in [1.54, 1.807) is 6.07 Å². The molecule has 1 saturated heterocycles. The molecule has 0 spiro atoms. The molecule has 7 heteroatoms. The highest BCUT2D eigenvalue weighted by Gasteiger charge is 2.15. The Morgan fingerprint density at radius 1 is 1.23 bits per heavy atom. The normalized spacial score (nSPS) is 16.1. The lowest BCUT2D eigenvalue weighted by atomic mass is 10.1. The number of halogens is 1. The first-order valence-corrected chi connectivity index (χ1v) is 11.5. The molecule has 2 rings (SSSR count). The van der Waals surface area contributed by atoms with Crippen molar-refractivity contribution in [1.82, 2.24) is 15.5 Å². The summed E-state index contributed by atoms with van der Waals surface area (Å²) >= 11 is 0. The summed E-state index contributed by atoms with van der Waals surface area (Å²) < 4.78 is 20.0. The Kier molecular flexibility index (Phi) is 10.9. The molecule has 0 aromatic heterocycles. The summed E-state index contributed by atoms with van der Waals surface area (Å²) in [4.78, 5) is 9.15. The van der Waals surface area contributed by atoms with Crippen molar-refractivity contribution < 1.29 is 9.13 Å². The van der Waals surface area contributed by atoms with Gasteiger partial charge in [-0.05, 0) is 64.0 Å². The van der Waals surface area contributed by atoms with Crippen LogP contribution in [0.2, 0.25) is 0 Å². The van der Waals surface area contributed by atoms with E-state index in [0.29, 0.717) is 31.5 Å². The number of nitrogens with zero attached hydrogens (tertiary/aromatic N) is 3. The van der Waals surface area contributed by atoms with E-state index < -0.39 is 0 Å². The van der Waals surface area contributed by atoms with E-state index >= 15 is 0 Å². The minimum absolute atomic E-state index is 0.188. The van der Waals surface area contributed by atoms with Crippen LogP contribution in [0.25, 0.3) is 0 Å². The molecule has 2 N–H and O–H groups in total. The molecular weight excluding hydrogens is 381 g/mol. The summed E-state index contributed by atoms with van der Waals surface area (Å²) in [6.07, 6.45) is 2.24. The molecule has 0 radical (unpaired) electrons. The van der Waals surface area contributed by atoms with Crippen molar-refractivity contribution >= 4 is 11.6 Å². The maximum Gasteiger partial charge on any atom is 0.191 e. The minimum Gasteiger partial charge on any atom is -0.378 e. The van der Waals surface area contributed by atoms with Crippen molar-refractivity contribution in [3.8, 4) is 0 Å². The lowest BCUT2D eigenvalue weighted by Gasteiger charge is -2.29. The van der Waals surface area contributed by atoms with Gasteiger partial charge in [-0.15, -0.1) is 0 Å². The van der Waals surface area contributed by atoms with Gasteiger partial charge in [-0.1, -0.05) is 19.9 Å². The first-order chi connectivity index (χ1) is 14.6. The van der Waals surface area contributed by atoms with Gasteiger partial charge < -0.3 is 25.2 Å². The summed E-state index contributed by atoms with van der Waals surface area (Å²) in [5.74, 6) is 0.595. The molecule has 1 unspecified atom stereocenters. The molecule has 1 aromatic carbocycles. The number of hydrogen-bond donors (Lipinski definition) is 2. The highest BCUT2D eigenvalue weighted by atomic mass is 19.1. The van der Waals surface area contributed by atoms with Gasteiger partial charge in [0.1, 0.15) is 5.82 Å². The van der Waals surface area contributed by atoms with Crippen LogP contribution in [0, 0.1) is 5.82 Å². The largest absolute Gasteiger partial charge is 0.378 e. The molecule has 1 atom stereocenters. The number of ether oxygens (including phenoxy) is 1. The Morgan fingerprint density at radius 3 is 2.60 bits per heavy atom. The number of nitrogens with one attached hydrogen (secondary N) is 2. The smallest absolute Gasteiger partial charge is 0.191 e. The molecule has 0 bridgehead atoms. The van der Waals surface area contributed by atoms with Gasteiger partial charge in [0.25, 0.3) is 0 Å². The van der Waals surface area contributed by atoms with Crippen LogP contribution in [-0.2, 0) is 11.3 Å². The molecule has 30 heavy (non-hydrogen) atoms. The van der Waals surface area contributed by atoms with Crippen molar-refractivity contribution in [3.63, 3.8) is 0 Å². The van der Waals surface area contributed by atoms with Crippen LogP contribution in [0.4, 0.5) is 10.1 Å². The zero-order chi connectivity index (χ0) is 21.8. The van der Waals surface area contributed by atoms with Gasteiger partial charge in [0, 0.05) is 25.7 Å². The van der Waals surface area contributed by atoms with Crippen LogP contribution >= 0.6 is 0 Å². The van der Waals surface area contributed by atoms with Gasteiger partial charge in [-0.3, -0.25) is 0 Å². The van der Waals surface area contributed by atoms with E-state index in [1.807, 2.05) is 17.0 Å². The molecule has 1 heterocycles. The molecule has 1 aromatic rings. The van der Waals surface area contributed by atoms with Crippen LogP contribution in [0.3, 0.4) is 0 Å². The number of hydrogen-bond acceptors (Lipinski definition) is 4. The van der Waals surface area contributed by atoms with Gasteiger partial charge in [0.2, 0.25) is 0 Å². The second-order valence-corrected chi connectivity index (χ2v) is 7.79. The Labute approximate surface area is 181 Å². The predicted molar refractivity (Wildman–Crippen MR) is 124 cm³/mol. The fourth-order valence-electron chi connectivity index (χ4n) is 3.67. The molecule has 0 saturated carbocycles. The van der Waals surface area contributed by atoms with E-state index in [9.17, 15) is 4.39 Å². The van der Waals surface area contributed by atoms with Gasteiger partial charge in [-0.2, -0.15) is 0 Å². The summed E-state index contributed by atoms with van der Waals surface area (Å²) in [5.41, 5.74) is 1.52. The third-order valence-corrected chi connectivity index (χ3v) is 5.52. The van der Waals surface area contributed by atoms with E-state index in [-0.39, 0.29) is 5.82 Å². The minimum atomic E-state index is -0.188. The predicted octanol–water partition coefficient (Wildman–Crippen LogP) is 3.23. The molecule has 0 aliphatic carbocycles. The van der Waals surface area contributed by atoms with Crippen LogP contribution in [0.1, 0.15) is 46.1 Å². The van der Waals surface area contributed by atoms with Crippen molar-refractivity contribution in [3.05, 3.63) is 29.6 Å². The summed E-state index contributed by atoms with van der Waals surface area (Å²) in [6, 6.07) is 5.76. The maximum atomic E-state index is 14.6. The highest BCUT2D eigenvalue weighted by molar-refractivity contribution is 5.80. The fourth-order valence-corrected chi connectivity index (χ4v) is 3.67. The fraction of sp³-hybridized carbons (Fsp3) is 0.696. The number of anilines is 1. The summed E-state index contributed by atoms with van der Waals surface area (Å²) in [5, 5.41) is 6.78. The molecular formula is C23H40FN5O. The Balaban J connectivity index is 1.89. The van der Waals surface area contributed by atoms with Crippen molar-refractivity contribution in [2.24, 2.45) is 4.99 Å². The average molecular weight is 422 g/mol. The number of benzene rings is 1. The lowest BCUT2D eigenvalue weighted by Crippen LogP contribution is -2.42. The van der Waals surface area contributed by atoms with Gasteiger partial charge in [0.05, 0.1) is 25.4 Å². The van der Waals surface area contributed by atoms with Crippen LogP contribution < -0.4 is 15.5 Å². The van der Waals surface area contributed by atoms with E-state index in [2.05, 4.69) is 48.2 Å². The average Bonchev–Trinajstić information content (AvgIpc) is 2.76. The first-order valence-electron chi connectivity index (χ1n) is 11.5. The zero-order valence-electron chi connectivity index (χ0n) is 19.2. The number of aliphatic imine (C=N–C) groups is 1. The van der Waals surface area contributed by atoms with Gasteiger partial charge in [-0.25, -0.2) is 9.38 Å². The highest BCUT2D eigenvalue weighted by Crippen LogP contribution is 2.22. The second kappa shape index (κ2) is 13.4. The second-order valence-electron chi connectivity index (χ2n) is 7.79. The topological polar surface area (TPSA) is 52.1 Å². The number of guanidine groups is 1. The zero-order valence-corrected chi connectivity index (χ0v) is 19.2. The molecule has 1 fully saturated rings. The van der Waals surface area contributed by atoms with E-state index in [1.165, 1.54) is 0 Å². The molecule has 1 aliphatic rings. The first kappa shape index (κ1) is 24.4. The van der Waals surface area contributed by atoms with Crippen molar-refractivity contribution in [2.45, 2.75) is 53.1 Å². The van der Waals surface area contributed by atoms with Gasteiger partial charge in [0.15, 0.2) is 5.96 Å². The number of rotatable bonds is 11. The molecule has 170 valence electrons. The maximum absolute atomic E-state index is 14.6. The Hall–Kier alpha value is -1.86. The van der Waals surface area contributed by atoms with Crippen LogP contribution in [0.15, 0.2) is 23.2 Å². The SMILES string of the molecule is CCNC(=NCc1ccc(N2CCOCC2)c(F)c1)NC(C)CCCN(CC)CC. The van der Waals surface area contributed by atoms with Crippen molar-refractivity contribution in [1.29, 1.82) is 0 Å². The van der Waals surface area contributed by atoms with Gasteiger partial charge >= 0.3 is 0 Å². The quantitative estimate of drug-likeness (QED) is 0.424. The summed E-state index contributed by atoms with van der Waals surface area (Å²) in [7, 11) is 0. The van der Waals surface area contributed by atoms with Crippen LogP contribution in [-0.4, -0.2) is 69.4 Å². The van der Waals surface area contributed by atoms with Crippen molar-refractivity contribution in [2.75, 3.05) is 57.4 Å².